The van der Waals surface area contributed by atoms with E-state index in [-0.39, 0.29) is 23.8 Å². The molecule has 1 aromatic rings. The van der Waals surface area contributed by atoms with Crippen molar-refractivity contribution < 1.29 is 14.2 Å². The van der Waals surface area contributed by atoms with Crippen LogP contribution in [0.1, 0.15) is 12.5 Å². The maximum absolute atomic E-state index is 12.9. The van der Waals surface area contributed by atoms with E-state index in [2.05, 4.69) is 0 Å². The second-order valence-electron chi connectivity index (χ2n) is 3.24. The van der Waals surface area contributed by atoms with Gasteiger partial charge >= 0.3 is 0 Å². The summed E-state index contributed by atoms with van der Waals surface area (Å²) in [7, 11) is 0. The van der Waals surface area contributed by atoms with Crippen molar-refractivity contribution in [2.24, 2.45) is 0 Å². The number of nitro benzene ring substituents is 1. The number of hydrogen-bond acceptors (Lipinski definition) is 3. The van der Waals surface area contributed by atoms with Crippen molar-refractivity contribution in [3.63, 3.8) is 0 Å². The number of carbonyl (C=O) groups is 1. The van der Waals surface area contributed by atoms with Gasteiger partial charge in [0, 0.05) is 18.6 Å². The molecule has 0 aliphatic heterocycles. The van der Waals surface area contributed by atoms with Crippen molar-refractivity contribution in [1.29, 1.82) is 0 Å². The largest absolute Gasteiger partial charge is 0.273 e. The molecule has 0 aliphatic rings. The summed E-state index contributed by atoms with van der Waals surface area (Å²) < 4.78 is 12.9. The normalized spacial score (nSPS) is 9.88. The molecule has 5 nitrogen and oxygen atoms in total. The first-order valence-corrected chi connectivity index (χ1v) is 4.68. The zero-order valence-corrected chi connectivity index (χ0v) is 8.72. The zero-order chi connectivity index (χ0) is 12.1. The summed E-state index contributed by atoms with van der Waals surface area (Å²) >= 11 is 0. The summed E-state index contributed by atoms with van der Waals surface area (Å²) in [5, 5.41) is 10.7. The van der Waals surface area contributed by atoms with Crippen LogP contribution in [0.2, 0.25) is 0 Å². The van der Waals surface area contributed by atoms with Crippen LogP contribution in [-0.2, 0) is 11.2 Å². The van der Waals surface area contributed by atoms with E-state index >= 15 is 0 Å². The summed E-state index contributed by atoms with van der Waals surface area (Å²) in [5.41, 5.74) is 0.357. The third-order valence-corrected chi connectivity index (χ3v) is 2.11. The Labute approximate surface area is 91.6 Å². The number of nitrogens with zero attached hydrogens (tertiary/aromatic N) is 2. The predicted octanol–water partition coefficient (Wildman–Crippen LogP) is 1.87. The van der Waals surface area contributed by atoms with E-state index in [1.54, 1.807) is 18.2 Å². The molecule has 0 saturated carbocycles. The molecule has 86 valence electrons. The molecule has 0 bridgehead atoms. The van der Waals surface area contributed by atoms with Gasteiger partial charge in [-0.2, -0.15) is 5.12 Å². The van der Waals surface area contributed by atoms with E-state index in [1.807, 2.05) is 0 Å². The minimum atomic E-state index is -0.710. The molecule has 0 spiro atoms. The number of nitro groups is 1. The third-order valence-electron chi connectivity index (χ3n) is 2.11. The van der Waals surface area contributed by atoms with Gasteiger partial charge in [0.2, 0.25) is 5.91 Å². The second kappa shape index (κ2) is 5.20. The van der Waals surface area contributed by atoms with E-state index < -0.39 is 10.8 Å². The lowest BCUT2D eigenvalue weighted by Gasteiger charge is -2.08. The van der Waals surface area contributed by atoms with Gasteiger partial charge in [-0.3, -0.25) is 14.9 Å². The molecule has 0 saturated heterocycles. The van der Waals surface area contributed by atoms with Gasteiger partial charge in [0.05, 0.1) is 11.5 Å². The first-order chi connectivity index (χ1) is 7.52. The molecule has 16 heavy (non-hydrogen) atoms. The van der Waals surface area contributed by atoms with Crippen molar-refractivity contribution >= 4 is 11.6 Å². The quantitative estimate of drug-likeness (QED) is 0.447. The van der Waals surface area contributed by atoms with Crippen molar-refractivity contribution in [3.05, 3.63) is 39.9 Å². The van der Waals surface area contributed by atoms with Crippen LogP contribution < -0.4 is 0 Å². The minimum absolute atomic E-state index is 0.0384. The van der Waals surface area contributed by atoms with Crippen molar-refractivity contribution in [1.82, 2.24) is 5.12 Å². The van der Waals surface area contributed by atoms with Crippen LogP contribution in [0.4, 0.5) is 10.2 Å². The molecule has 0 heterocycles. The van der Waals surface area contributed by atoms with E-state index in [0.717, 1.165) is 6.92 Å². The van der Waals surface area contributed by atoms with E-state index in [9.17, 15) is 19.4 Å². The van der Waals surface area contributed by atoms with E-state index in [0.29, 0.717) is 5.56 Å². The smallest absolute Gasteiger partial charge is 0.272 e. The minimum Gasteiger partial charge on any atom is -0.273 e. The molecule has 0 atom stereocenters. The van der Waals surface area contributed by atoms with Crippen LogP contribution in [-0.4, -0.2) is 22.5 Å². The summed E-state index contributed by atoms with van der Waals surface area (Å²) in [6.45, 7) is 0.916. The lowest BCUT2D eigenvalue weighted by molar-refractivity contribution is -0.385. The van der Waals surface area contributed by atoms with Crippen LogP contribution in [0.5, 0.6) is 0 Å². The summed E-state index contributed by atoms with van der Waals surface area (Å²) in [5.74, 6) is -0.710. The molecule has 0 fully saturated rings. The Morgan fingerprint density at radius 1 is 1.50 bits per heavy atom. The molecular formula is C10H11FN2O3. The van der Waals surface area contributed by atoms with Crippen LogP contribution in [0.25, 0.3) is 0 Å². The highest BCUT2D eigenvalue weighted by Crippen LogP contribution is 2.18. The van der Waals surface area contributed by atoms with Gasteiger partial charge in [-0.25, -0.2) is 0 Å². The zero-order valence-electron chi connectivity index (χ0n) is 8.72. The molecular weight excluding hydrogens is 215 g/mol. The monoisotopic (exact) mass is 226 g/mol. The Balaban J connectivity index is 2.74. The second-order valence-corrected chi connectivity index (χ2v) is 3.24. The number of halogens is 1. The Morgan fingerprint density at radius 2 is 2.12 bits per heavy atom. The van der Waals surface area contributed by atoms with Gasteiger partial charge < -0.3 is 0 Å². The number of amides is 1. The van der Waals surface area contributed by atoms with Crippen molar-refractivity contribution in [3.8, 4) is 0 Å². The maximum atomic E-state index is 12.9. The van der Waals surface area contributed by atoms with Crippen LogP contribution in [0.15, 0.2) is 24.3 Å². The maximum Gasteiger partial charge on any atom is 0.272 e. The molecule has 0 unspecified atom stereocenters. The number of rotatable bonds is 4. The number of carbonyl (C=O) groups excluding carboxylic acids is 1. The summed E-state index contributed by atoms with van der Waals surface area (Å²) in [6.07, 6.45) is 0.118. The first kappa shape index (κ1) is 12.1. The molecule has 1 amide bonds. The number of hydrogen-bond donors (Lipinski definition) is 0. The Bertz CT molecular complexity index is 409. The molecule has 0 N–H and O–H groups in total. The molecule has 0 radical (unpaired) electrons. The lowest BCUT2D eigenvalue weighted by atomic mass is 10.1. The number of para-hydroxylation sites is 1. The molecule has 0 aromatic heterocycles. The highest BCUT2D eigenvalue weighted by atomic mass is 19.2. The molecule has 1 rings (SSSR count). The fourth-order valence-corrected chi connectivity index (χ4v) is 1.28. The standard InChI is InChI=1S/C10H11FN2O3/c1-8(14)12(11)7-6-9-4-2-3-5-10(9)13(15)16/h2-5H,6-7H2,1H3. The van der Waals surface area contributed by atoms with E-state index in [1.165, 1.54) is 6.07 Å². The van der Waals surface area contributed by atoms with Gasteiger partial charge in [-0.05, 0) is 6.42 Å². The Kier molecular flexibility index (Phi) is 3.93. The van der Waals surface area contributed by atoms with Crippen molar-refractivity contribution in [2.45, 2.75) is 13.3 Å². The van der Waals surface area contributed by atoms with Crippen LogP contribution in [0, 0.1) is 10.1 Å². The summed E-state index contributed by atoms with van der Waals surface area (Å²) in [4.78, 5) is 20.7. The van der Waals surface area contributed by atoms with Gasteiger partial charge in [0.25, 0.3) is 5.69 Å². The lowest BCUT2D eigenvalue weighted by Crippen LogP contribution is -2.22. The Hall–Kier alpha value is -1.98. The van der Waals surface area contributed by atoms with Gasteiger partial charge in [-0.1, -0.05) is 22.7 Å². The fraction of sp³-hybridized carbons (Fsp3) is 0.300. The Morgan fingerprint density at radius 3 is 2.69 bits per heavy atom. The fourth-order valence-electron chi connectivity index (χ4n) is 1.28. The van der Waals surface area contributed by atoms with Gasteiger partial charge in [-0.15, -0.1) is 0 Å². The highest BCUT2D eigenvalue weighted by molar-refractivity contribution is 5.71. The van der Waals surface area contributed by atoms with Gasteiger partial charge in [0.1, 0.15) is 0 Å². The third kappa shape index (κ3) is 3.01. The van der Waals surface area contributed by atoms with Gasteiger partial charge in [0.15, 0.2) is 0 Å². The highest BCUT2D eigenvalue weighted by Gasteiger charge is 2.14. The van der Waals surface area contributed by atoms with Crippen LogP contribution >= 0.6 is 0 Å². The SMILES string of the molecule is CC(=O)N(F)CCc1ccccc1[N+](=O)[O-]. The van der Waals surface area contributed by atoms with E-state index in [4.69, 9.17) is 0 Å². The number of benzene rings is 1. The molecule has 0 aliphatic carbocycles. The average molecular weight is 226 g/mol. The first-order valence-electron chi connectivity index (χ1n) is 4.68. The average Bonchev–Trinajstić information content (AvgIpc) is 2.25. The molecule has 6 heteroatoms. The predicted molar refractivity (Wildman–Crippen MR) is 55.3 cm³/mol. The van der Waals surface area contributed by atoms with Crippen molar-refractivity contribution in [2.75, 3.05) is 6.54 Å². The van der Waals surface area contributed by atoms with Crippen LogP contribution in [0.3, 0.4) is 0 Å². The summed E-state index contributed by atoms with van der Waals surface area (Å²) in [6, 6.07) is 6.08. The topological polar surface area (TPSA) is 63.5 Å². The molecule has 1 aromatic carbocycles.